The summed E-state index contributed by atoms with van der Waals surface area (Å²) in [6.45, 7) is 2.17. The lowest BCUT2D eigenvalue weighted by atomic mass is 10.0. The number of carbonyl (C=O) groups excluding carboxylic acids is 1. The highest BCUT2D eigenvalue weighted by Gasteiger charge is 2.41. The minimum Gasteiger partial charge on any atom is -0.321 e. The Bertz CT molecular complexity index is 512. The Labute approximate surface area is 99.8 Å². The van der Waals surface area contributed by atoms with Gasteiger partial charge in [0.25, 0.3) is 0 Å². The van der Waals surface area contributed by atoms with Crippen LogP contribution in [0.15, 0.2) is 12.1 Å². The van der Waals surface area contributed by atoms with Gasteiger partial charge in [0.2, 0.25) is 5.91 Å². The first-order valence-corrected chi connectivity index (χ1v) is 4.77. The molecule has 0 radical (unpaired) electrons. The van der Waals surface area contributed by atoms with Gasteiger partial charge in [0, 0.05) is 6.92 Å². The summed E-state index contributed by atoms with van der Waals surface area (Å²) in [5, 5.41) is 12.8. The molecule has 1 rings (SSSR count). The van der Waals surface area contributed by atoms with Gasteiger partial charge in [-0.3, -0.25) is 14.9 Å². The van der Waals surface area contributed by atoms with E-state index in [9.17, 15) is 28.1 Å². The van der Waals surface area contributed by atoms with E-state index in [0.717, 1.165) is 26.0 Å². The van der Waals surface area contributed by atoms with Crippen LogP contribution >= 0.6 is 0 Å². The molecule has 0 aliphatic heterocycles. The highest BCUT2D eigenvalue weighted by molar-refractivity contribution is 5.92. The van der Waals surface area contributed by atoms with Crippen molar-refractivity contribution < 1.29 is 22.9 Å². The summed E-state index contributed by atoms with van der Waals surface area (Å²) in [5.41, 5.74) is -3.23. The van der Waals surface area contributed by atoms with Crippen LogP contribution in [0.2, 0.25) is 0 Å². The Balaban J connectivity index is 3.58. The normalized spacial score (nSPS) is 11.2. The average molecular weight is 262 g/mol. The number of aryl methyl sites for hydroxylation is 1. The Kier molecular flexibility index (Phi) is 3.59. The van der Waals surface area contributed by atoms with Crippen molar-refractivity contribution >= 4 is 17.3 Å². The van der Waals surface area contributed by atoms with Crippen molar-refractivity contribution in [1.29, 1.82) is 0 Å². The molecule has 0 saturated carbocycles. The second-order valence-electron chi connectivity index (χ2n) is 3.59. The molecular formula is C10H9F3N2O3. The summed E-state index contributed by atoms with van der Waals surface area (Å²) in [7, 11) is 0. The minimum atomic E-state index is -4.86. The van der Waals surface area contributed by atoms with E-state index in [0.29, 0.717) is 0 Å². The van der Waals surface area contributed by atoms with Crippen LogP contribution in [0.1, 0.15) is 18.1 Å². The zero-order valence-corrected chi connectivity index (χ0v) is 9.46. The second kappa shape index (κ2) is 4.63. The van der Waals surface area contributed by atoms with E-state index in [-0.39, 0.29) is 5.56 Å². The number of nitrogens with zero attached hydrogens (tertiary/aromatic N) is 1. The summed E-state index contributed by atoms with van der Waals surface area (Å²) in [6.07, 6.45) is -4.86. The predicted octanol–water partition coefficient (Wildman–Crippen LogP) is 2.88. The number of halogens is 3. The van der Waals surface area contributed by atoms with Gasteiger partial charge in [-0.25, -0.2) is 0 Å². The van der Waals surface area contributed by atoms with Crippen molar-refractivity contribution in [2.45, 2.75) is 20.0 Å². The Morgan fingerprint density at radius 3 is 2.33 bits per heavy atom. The van der Waals surface area contributed by atoms with Gasteiger partial charge in [-0.05, 0) is 18.6 Å². The van der Waals surface area contributed by atoms with E-state index in [1.807, 2.05) is 5.32 Å². The molecule has 0 atom stereocenters. The smallest absolute Gasteiger partial charge is 0.321 e. The fourth-order valence-electron chi connectivity index (χ4n) is 1.53. The van der Waals surface area contributed by atoms with Gasteiger partial charge < -0.3 is 5.32 Å². The molecule has 0 aromatic heterocycles. The Hall–Kier alpha value is -2.12. The lowest BCUT2D eigenvalue weighted by Crippen LogP contribution is -2.15. The van der Waals surface area contributed by atoms with E-state index in [4.69, 9.17) is 0 Å². The number of amides is 1. The quantitative estimate of drug-likeness (QED) is 0.657. The van der Waals surface area contributed by atoms with E-state index < -0.39 is 33.9 Å². The summed E-state index contributed by atoms with van der Waals surface area (Å²) >= 11 is 0. The molecule has 5 nitrogen and oxygen atoms in total. The van der Waals surface area contributed by atoms with Crippen LogP contribution in [0.4, 0.5) is 24.5 Å². The molecule has 1 aromatic carbocycles. The summed E-state index contributed by atoms with van der Waals surface area (Å²) < 4.78 is 38.3. The number of rotatable bonds is 2. The molecular weight excluding hydrogens is 253 g/mol. The highest BCUT2D eigenvalue weighted by atomic mass is 19.4. The van der Waals surface area contributed by atoms with Gasteiger partial charge in [0.15, 0.2) is 0 Å². The van der Waals surface area contributed by atoms with Crippen LogP contribution in [0.3, 0.4) is 0 Å². The van der Waals surface area contributed by atoms with Crippen molar-refractivity contribution in [3.63, 3.8) is 0 Å². The molecule has 1 amide bonds. The SMILES string of the molecule is CC(=O)Nc1ccc(C)c(C(F)(F)F)c1[N+](=O)[O-]. The third-order valence-electron chi connectivity index (χ3n) is 2.16. The second-order valence-corrected chi connectivity index (χ2v) is 3.59. The van der Waals surface area contributed by atoms with Crippen molar-refractivity contribution in [2.75, 3.05) is 5.32 Å². The highest BCUT2D eigenvalue weighted by Crippen LogP contribution is 2.42. The number of alkyl halides is 3. The third kappa shape index (κ3) is 2.76. The average Bonchev–Trinajstić information content (AvgIpc) is 2.17. The molecule has 0 aliphatic carbocycles. The molecule has 0 heterocycles. The minimum absolute atomic E-state index is 0.275. The number of anilines is 1. The first kappa shape index (κ1) is 13.9. The van der Waals surface area contributed by atoms with Crippen LogP contribution < -0.4 is 5.32 Å². The zero-order chi connectivity index (χ0) is 14.1. The van der Waals surface area contributed by atoms with Gasteiger partial charge in [0.05, 0.1) is 4.92 Å². The van der Waals surface area contributed by atoms with E-state index in [2.05, 4.69) is 0 Å². The molecule has 0 bridgehead atoms. The third-order valence-corrected chi connectivity index (χ3v) is 2.16. The maximum atomic E-state index is 12.8. The van der Waals surface area contributed by atoms with Gasteiger partial charge >= 0.3 is 11.9 Å². The maximum absolute atomic E-state index is 12.8. The molecule has 0 spiro atoms. The molecule has 0 fully saturated rings. The zero-order valence-electron chi connectivity index (χ0n) is 9.46. The lowest BCUT2D eigenvalue weighted by molar-refractivity contribution is -0.387. The number of hydrogen-bond acceptors (Lipinski definition) is 3. The van der Waals surface area contributed by atoms with Crippen LogP contribution in [-0.2, 0) is 11.0 Å². The first-order chi connectivity index (χ1) is 8.14. The van der Waals surface area contributed by atoms with Crippen LogP contribution in [0, 0.1) is 17.0 Å². The lowest BCUT2D eigenvalue weighted by Gasteiger charge is -2.13. The van der Waals surface area contributed by atoms with Crippen LogP contribution in [0.25, 0.3) is 0 Å². The van der Waals surface area contributed by atoms with Gasteiger partial charge in [-0.15, -0.1) is 0 Å². The van der Waals surface area contributed by atoms with Crippen molar-refractivity contribution in [1.82, 2.24) is 0 Å². The van der Waals surface area contributed by atoms with Crippen molar-refractivity contribution in [2.24, 2.45) is 0 Å². The van der Waals surface area contributed by atoms with Crippen molar-refractivity contribution in [3.8, 4) is 0 Å². The summed E-state index contributed by atoms with van der Waals surface area (Å²) in [5.74, 6) is -0.685. The fraction of sp³-hybridized carbons (Fsp3) is 0.300. The van der Waals surface area contributed by atoms with E-state index >= 15 is 0 Å². The van der Waals surface area contributed by atoms with Crippen molar-refractivity contribution in [3.05, 3.63) is 33.4 Å². The largest absolute Gasteiger partial charge is 0.423 e. The molecule has 98 valence electrons. The van der Waals surface area contributed by atoms with E-state index in [1.165, 1.54) is 0 Å². The molecule has 0 saturated heterocycles. The van der Waals surface area contributed by atoms with Gasteiger partial charge in [-0.1, -0.05) is 6.07 Å². The summed E-state index contributed by atoms with van der Waals surface area (Å²) in [6, 6.07) is 2.14. The fourth-order valence-corrected chi connectivity index (χ4v) is 1.53. The van der Waals surface area contributed by atoms with Crippen LogP contribution in [-0.4, -0.2) is 10.8 Å². The van der Waals surface area contributed by atoms with Gasteiger partial charge in [-0.2, -0.15) is 13.2 Å². The Morgan fingerprint density at radius 2 is 1.94 bits per heavy atom. The number of hydrogen-bond donors (Lipinski definition) is 1. The topological polar surface area (TPSA) is 72.2 Å². The number of nitro benzene ring substituents is 1. The van der Waals surface area contributed by atoms with Gasteiger partial charge in [0.1, 0.15) is 11.3 Å². The summed E-state index contributed by atoms with van der Waals surface area (Å²) in [4.78, 5) is 20.4. The molecule has 18 heavy (non-hydrogen) atoms. The first-order valence-electron chi connectivity index (χ1n) is 4.77. The number of benzene rings is 1. The monoisotopic (exact) mass is 262 g/mol. The molecule has 1 N–H and O–H groups in total. The predicted molar refractivity (Wildman–Crippen MR) is 57.1 cm³/mol. The number of nitro groups is 1. The number of nitrogens with one attached hydrogen (secondary N) is 1. The molecule has 8 heteroatoms. The van der Waals surface area contributed by atoms with E-state index in [1.54, 1.807) is 0 Å². The Morgan fingerprint density at radius 1 is 1.39 bits per heavy atom. The van der Waals surface area contributed by atoms with Crippen LogP contribution in [0.5, 0.6) is 0 Å². The maximum Gasteiger partial charge on any atom is 0.423 e. The molecule has 0 aliphatic rings. The number of carbonyl (C=O) groups is 1. The molecule has 0 unspecified atom stereocenters. The standard InChI is InChI=1S/C10H9F3N2O3/c1-5-3-4-7(14-6(2)16)9(15(17)18)8(5)10(11,12)13/h3-4H,1-2H3,(H,14,16). The molecule has 1 aromatic rings.